The van der Waals surface area contributed by atoms with E-state index < -0.39 is 4.92 Å². The van der Waals surface area contributed by atoms with Gasteiger partial charge in [-0.2, -0.15) is 0 Å². The van der Waals surface area contributed by atoms with E-state index in [-0.39, 0.29) is 24.1 Å². The van der Waals surface area contributed by atoms with Crippen LogP contribution in [0.15, 0.2) is 48.5 Å². The Hall–Kier alpha value is -3.70. The number of aromatic nitrogens is 2. The standard InChI is InChI=1S/C18H15N5O5S/c1-28-10-15(24)19-13-6-2-11(3-7-13)16(25)20-18-22-21-17(29-18)12-4-8-14(9-5-12)23(26)27/h2-9H,10H2,1H3,(H,19,24)(H,20,22,25). The Bertz CT molecular complexity index is 1030. The van der Waals surface area contributed by atoms with Crippen LogP contribution in [0.1, 0.15) is 10.4 Å². The lowest BCUT2D eigenvalue weighted by Gasteiger charge is -2.05. The molecular weight excluding hydrogens is 398 g/mol. The van der Waals surface area contributed by atoms with Crippen LogP contribution < -0.4 is 10.6 Å². The zero-order valence-electron chi connectivity index (χ0n) is 15.1. The van der Waals surface area contributed by atoms with Gasteiger partial charge in [0.15, 0.2) is 0 Å². The summed E-state index contributed by atoms with van der Waals surface area (Å²) in [5.41, 5.74) is 1.56. The SMILES string of the molecule is COCC(=O)Nc1ccc(C(=O)Nc2nnc(-c3ccc([N+](=O)[O-])cc3)s2)cc1. The first-order valence-corrected chi connectivity index (χ1v) is 9.06. The van der Waals surface area contributed by atoms with Gasteiger partial charge in [-0.05, 0) is 36.4 Å². The van der Waals surface area contributed by atoms with Gasteiger partial charge in [-0.1, -0.05) is 11.3 Å². The molecule has 0 unspecified atom stereocenters. The zero-order chi connectivity index (χ0) is 20.8. The topological polar surface area (TPSA) is 136 Å². The molecule has 2 N–H and O–H groups in total. The second kappa shape index (κ2) is 8.99. The van der Waals surface area contributed by atoms with Gasteiger partial charge in [0.2, 0.25) is 11.0 Å². The van der Waals surface area contributed by atoms with Gasteiger partial charge in [0.1, 0.15) is 11.6 Å². The van der Waals surface area contributed by atoms with Crippen molar-refractivity contribution >= 4 is 39.7 Å². The van der Waals surface area contributed by atoms with Crippen LogP contribution in [0.4, 0.5) is 16.5 Å². The fourth-order valence-electron chi connectivity index (χ4n) is 2.32. The molecule has 0 bridgehead atoms. The van der Waals surface area contributed by atoms with E-state index in [0.29, 0.717) is 27.0 Å². The number of carbonyl (C=O) groups is 2. The number of carbonyl (C=O) groups excluding carboxylic acids is 2. The lowest BCUT2D eigenvalue weighted by Crippen LogP contribution is -2.17. The van der Waals surface area contributed by atoms with E-state index >= 15 is 0 Å². The summed E-state index contributed by atoms with van der Waals surface area (Å²) < 4.78 is 4.74. The highest BCUT2D eigenvalue weighted by Crippen LogP contribution is 2.28. The molecule has 3 rings (SSSR count). The smallest absolute Gasteiger partial charge is 0.269 e. The first kappa shape index (κ1) is 20.0. The van der Waals surface area contributed by atoms with Gasteiger partial charge >= 0.3 is 0 Å². The second-order valence-corrected chi connectivity index (χ2v) is 6.71. The third-order valence-electron chi connectivity index (χ3n) is 3.68. The lowest BCUT2D eigenvalue weighted by atomic mass is 10.2. The molecule has 0 aliphatic heterocycles. The Morgan fingerprint density at radius 3 is 2.38 bits per heavy atom. The van der Waals surface area contributed by atoms with E-state index in [1.165, 1.54) is 19.2 Å². The second-order valence-electron chi connectivity index (χ2n) is 5.73. The summed E-state index contributed by atoms with van der Waals surface area (Å²) in [5, 5.41) is 24.7. The quantitative estimate of drug-likeness (QED) is 0.449. The Kier molecular flexibility index (Phi) is 6.22. The molecule has 0 saturated carbocycles. The fraction of sp³-hybridized carbons (Fsp3) is 0.111. The average molecular weight is 413 g/mol. The van der Waals surface area contributed by atoms with Gasteiger partial charge in [0, 0.05) is 36.1 Å². The number of benzene rings is 2. The molecule has 1 aromatic heterocycles. The summed E-state index contributed by atoms with van der Waals surface area (Å²) in [6, 6.07) is 12.2. The summed E-state index contributed by atoms with van der Waals surface area (Å²) in [5.74, 6) is -0.677. The van der Waals surface area contributed by atoms with Gasteiger partial charge < -0.3 is 10.1 Å². The Labute approximate surface area is 168 Å². The van der Waals surface area contributed by atoms with Crippen molar-refractivity contribution in [1.29, 1.82) is 0 Å². The first-order chi connectivity index (χ1) is 14.0. The van der Waals surface area contributed by atoms with Crippen molar-refractivity contribution in [3.05, 3.63) is 64.2 Å². The third kappa shape index (κ3) is 5.18. The molecule has 0 spiro atoms. The van der Waals surface area contributed by atoms with Crippen molar-refractivity contribution in [2.75, 3.05) is 24.4 Å². The largest absolute Gasteiger partial charge is 0.375 e. The highest BCUT2D eigenvalue weighted by atomic mass is 32.1. The number of nitro benzene ring substituents is 1. The fourth-order valence-corrected chi connectivity index (χ4v) is 3.06. The number of nitrogens with zero attached hydrogens (tertiary/aromatic N) is 3. The molecule has 29 heavy (non-hydrogen) atoms. The number of nitro groups is 1. The predicted molar refractivity (Wildman–Crippen MR) is 107 cm³/mol. The number of hydrogen-bond donors (Lipinski definition) is 2. The van der Waals surface area contributed by atoms with Crippen LogP contribution in [0, 0.1) is 10.1 Å². The number of rotatable bonds is 7. The van der Waals surface area contributed by atoms with Crippen LogP contribution in [0.3, 0.4) is 0 Å². The molecule has 0 radical (unpaired) electrons. The first-order valence-electron chi connectivity index (χ1n) is 8.25. The van der Waals surface area contributed by atoms with E-state index in [2.05, 4.69) is 20.8 Å². The molecule has 0 saturated heterocycles. The van der Waals surface area contributed by atoms with Crippen LogP contribution in [0.2, 0.25) is 0 Å². The van der Waals surface area contributed by atoms with E-state index in [0.717, 1.165) is 11.3 Å². The minimum Gasteiger partial charge on any atom is -0.375 e. The van der Waals surface area contributed by atoms with Gasteiger partial charge in [-0.3, -0.25) is 25.0 Å². The van der Waals surface area contributed by atoms with E-state index in [4.69, 9.17) is 4.74 Å². The molecule has 0 fully saturated rings. The average Bonchev–Trinajstić information content (AvgIpc) is 3.17. The molecular formula is C18H15N5O5S. The Balaban J connectivity index is 1.64. The summed E-state index contributed by atoms with van der Waals surface area (Å²) in [6.45, 7) is -0.0591. The van der Waals surface area contributed by atoms with Crippen molar-refractivity contribution in [2.24, 2.45) is 0 Å². The van der Waals surface area contributed by atoms with Gasteiger partial charge in [-0.15, -0.1) is 10.2 Å². The molecule has 11 heteroatoms. The zero-order valence-corrected chi connectivity index (χ0v) is 15.9. The van der Waals surface area contributed by atoms with Gasteiger partial charge in [0.25, 0.3) is 11.6 Å². The summed E-state index contributed by atoms with van der Waals surface area (Å²) in [4.78, 5) is 34.1. The molecule has 1 heterocycles. The van der Waals surface area contributed by atoms with Crippen molar-refractivity contribution in [2.45, 2.75) is 0 Å². The highest BCUT2D eigenvalue weighted by Gasteiger charge is 2.13. The molecule has 2 amide bonds. The van der Waals surface area contributed by atoms with Crippen LogP contribution in [-0.2, 0) is 9.53 Å². The minimum atomic E-state index is -0.482. The summed E-state index contributed by atoms with van der Waals surface area (Å²) >= 11 is 1.15. The van der Waals surface area contributed by atoms with Crippen molar-refractivity contribution in [1.82, 2.24) is 10.2 Å². The number of ether oxygens (including phenoxy) is 1. The van der Waals surface area contributed by atoms with Gasteiger partial charge in [0.05, 0.1) is 4.92 Å². The molecule has 2 aromatic carbocycles. The molecule has 3 aromatic rings. The normalized spacial score (nSPS) is 10.4. The summed E-state index contributed by atoms with van der Waals surface area (Å²) in [6.07, 6.45) is 0. The van der Waals surface area contributed by atoms with Crippen LogP contribution in [0.25, 0.3) is 10.6 Å². The Morgan fingerprint density at radius 1 is 1.07 bits per heavy atom. The monoisotopic (exact) mass is 413 g/mol. The Morgan fingerprint density at radius 2 is 1.76 bits per heavy atom. The van der Waals surface area contributed by atoms with Crippen molar-refractivity contribution in [3.63, 3.8) is 0 Å². The number of anilines is 2. The number of amides is 2. The van der Waals surface area contributed by atoms with Crippen molar-refractivity contribution < 1.29 is 19.2 Å². The maximum Gasteiger partial charge on any atom is 0.269 e. The predicted octanol–water partition coefficient (Wildman–Crippen LogP) is 2.95. The van der Waals surface area contributed by atoms with E-state index in [1.54, 1.807) is 36.4 Å². The number of nitrogens with one attached hydrogen (secondary N) is 2. The maximum absolute atomic E-state index is 12.4. The van der Waals surface area contributed by atoms with Crippen molar-refractivity contribution in [3.8, 4) is 10.6 Å². The summed E-state index contributed by atoms with van der Waals surface area (Å²) in [7, 11) is 1.42. The van der Waals surface area contributed by atoms with E-state index in [1.807, 2.05) is 0 Å². The number of non-ortho nitro benzene ring substituents is 1. The number of methoxy groups -OCH3 is 1. The maximum atomic E-state index is 12.4. The minimum absolute atomic E-state index is 0.0198. The van der Waals surface area contributed by atoms with Gasteiger partial charge in [-0.25, -0.2) is 0 Å². The number of hydrogen-bond acceptors (Lipinski definition) is 8. The van der Waals surface area contributed by atoms with Crippen LogP contribution in [-0.4, -0.2) is 40.7 Å². The van der Waals surface area contributed by atoms with E-state index in [9.17, 15) is 19.7 Å². The lowest BCUT2D eigenvalue weighted by molar-refractivity contribution is -0.384. The molecule has 10 nitrogen and oxygen atoms in total. The molecule has 0 aliphatic carbocycles. The molecule has 0 atom stereocenters. The van der Waals surface area contributed by atoms with Crippen LogP contribution in [0.5, 0.6) is 0 Å². The molecule has 148 valence electrons. The van der Waals surface area contributed by atoms with Crippen LogP contribution >= 0.6 is 11.3 Å². The highest BCUT2D eigenvalue weighted by molar-refractivity contribution is 7.18. The third-order valence-corrected chi connectivity index (χ3v) is 4.56. The molecule has 0 aliphatic rings.